The Kier molecular flexibility index (Phi) is 9.53. The van der Waals surface area contributed by atoms with E-state index in [1.807, 2.05) is 52.0 Å². The van der Waals surface area contributed by atoms with Crippen molar-refractivity contribution in [3.63, 3.8) is 0 Å². The Morgan fingerprint density at radius 3 is 2.24 bits per heavy atom. The summed E-state index contributed by atoms with van der Waals surface area (Å²) < 4.78 is 26.5. The third kappa shape index (κ3) is 7.21. The molecule has 0 aliphatic rings. The molecule has 9 heteroatoms. The number of sulfonamides is 1. The van der Waals surface area contributed by atoms with Gasteiger partial charge >= 0.3 is 0 Å². The first-order valence-corrected chi connectivity index (χ1v) is 13.5. The van der Waals surface area contributed by atoms with E-state index in [1.165, 1.54) is 4.90 Å². The summed E-state index contributed by atoms with van der Waals surface area (Å²) in [6.07, 6.45) is 1.44. The van der Waals surface area contributed by atoms with Gasteiger partial charge in [0.05, 0.1) is 11.9 Å². The largest absolute Gasteiger partial charge is 0.352 e. The first-order chi connectivity index (χ1) is 15.8. The first-order valence-electron chi connectivity index (χ1n) is 11.2. The number of carbonyl (C=O) groups is 2. The van der Waals surface area contributed by atoms with Crippen molar-refractivity contribution in [3.05, 3.63) is 64.2 Å². The zero-order valence-corrected chi connectivity index (χ0v) is 22.2. The Bertz CT molecular complexity index is 1130. The average molecular weight is 508 g/mol. The second-order valence-corrected chi connectivity index (χ2v) is 11.1. The molecule has 0 aliphatic heterocycles. The third-order valence-corrected chi connectivity index (χ3v) is 6.89. The second kappa shape index (κ2) is 11.7. The van der Waals surface area contributed by atoms with E-state index in [9.17, 15) is 18.0 Å². The number of rotatable bonds is 10. The molecule has 0 radical (unpaired) electrons. The molecule has 2 aromatic carbocycles. The summed E-state index contributed by atoms with van der Waals surface area (Å²) in [5.41, 5.74) is 2.87. The molecule has 1 atom stereocenters. The smallest absolute Gasteiger partial charge is 0.244 e. The number of benzene rings is 2. The lowest BCUT2D eigenvalue weighted by Crippen LogP contribution is -2.53. The van der Waals surface area contributed by atoms with Crippen LogP contribution in [-0.4, -0.2) is 50.0 Å². The summed E-state index contributed by atoms with van der Waals surface area (Å²) in [7, 11) is -3.79. The molecule has 2 rings (SSSR count). The van der Waals surface area contributed by atoms with E-state index in [2.05, 4.69) is 5.32 Å². The van der Waals surface area contributed by atoms with Crippen molar-refractivity contribution < 1.29 is 18.0 Å². The number of halogens is 1. The number of hydrogen-bond donors (Lipinski definition) is 1. The Morgan fingerprint density at radius 1 is 1.06 bits per heavy atom. The maximum absolute atomic E-state index is 13.7. The van der Waals surface area contributed by atoms with Crippen molar-refractivity contribution in [2.24, 2.45) is 0 Å². The van der Waals surface area contributed by atoms with Crippen LogP contribution in [0.2, 0.25) is 5.02 Å². The molecule has 1 unspecified atom stereocenters. The molecule has 0 bridgehead atoms. The number of aryl methyl sites for hydroxylation is 2. The standard InChI is InChI=1S/C25H34ClN3O4S/c1-7-22(25(31)27-17(2)3)28(15-20-11-9-8-10-18(20)4)24(30)16-29(34(6,32)33)23-13-12-21(26)14-19(23)5/h8-14,17,22H,7,15-16H2,1-6H3,(H,27,31). The maximum atomic E-state index is 13.7. The molecule has 0 saturated carbocycles. The van der Waals surface area contributed by atoms with E-state index in [0.29, 0.717) is 22.7 Å². The highest BCUT2D eigenvalue weighted by atomic mass is 35.5. The average Bonchev–Trinajstić information content (AvgIpc) is 2.72. The molecule has 0 spiro atoms. The summed E-state index contributed by atoms with van der Waals surface area (Å²) >= 11 is 6.05. The fourth-order valence-corrected chi connectivity index (χ4v) is 4.90. The van der Waals surface area contributed by atoms with E-state index in [4.69, 9.17) is 11.6 Å². The van der Waals surface area contributed by atoms with Crippen LogP contribution in [0.4, 0.5) is 5.69 Å². The van der Waals surface area contributed by atoms with Crippen LogP contribution in [0, 0.1) is 13.8 Å². The Hall–Kier alpha value is -2.58. The molecule has 34 heavy (non-hydrogen) atoms. The minimum Gasteiger partial charge on any atom is -0.352 e. The van der Waals surface area contributed by atoms with Crippen LogP contribution in [0.15, 0.2) is 42.5 Å². The van der Waals surface area contributed by atoms with Gasteiger partial charge in [0.15, 0.2) is 0 Å². The van der Waals surface area contributed by atoms with E-state index in [-0.39, 0.29) is 18.5 Å². The van der Waals surface area contributed by atoms with Gasteiger partial charge in [-0.2, -0.15) is 0 Å². The van der Waals surface area contributed by atoms with Gasteiger partial charge in [0, 0.05) is 17.6 Å². The summed E-state index contributed by atoms with van der Waals surface area (Å²) in [6.45, 7) is 8.97. The Morgan fingerprint density at radius 2 is 1.71 bits per heavy atom. The predicted octanol–water partition coefficient (Wildman–Crippen LogP) is 4.05. The van der Waals surface area contributed by atoms with Gasteiger partial charge in [0.2, 0.25) is 21.8 Å². The monoisotopic (exact) mass is 507 g/mol. The van der Waals surface area contributed by atoms with Crippen LogP contribution in [0.5, 0.6) is 0 Å². The fourth-order valence-electron chi connectivity index (χ4n) is 3.76. The van der Waals surface area contributed by atoms with Gasteiger partial charge in [-0.15, -0.1) is 0 Å². The summed E-state index contributed by atoms with van der Waals surface area (Å²) in [5.74, 6) is -0.734. The van der Waals surface area contributed by atoms with Crippen LogP contribution in [-0.2, 0) is 26.2 Å². The van der Waals surface area contributed by atoms with Crippen LogP contribution in [0.25, 0.3) is 0 Å². The van der Waals surface area contributed by atoms with Crippen molar-refractivity contribution in [1.29, 1.82) is 0 Å². The predicted molar refractivity (Wildman–Crippen MR) is 137 cm³/mol. The Labute approximate surface area is 208 Å². The minimum absolute atomic E-state index is 0.0961. The first kappa shape index (κ1) is 27.7. The van der Waals surface area contributed by atoms with Gasteiger partial charge in [0.1, 0.15) is 12.6 Å². The number of carbonyl (C=O) groups excluding carboxylic acids is 2. The number of hydrogen-bond acceptors (Lipinski definition) is 4. The van der Waals surface area contributed by atoms with Crippen LogP contribution >= 0.6 is 11.6 Å². The van der Waals surface area contributed by atoms with Crippen LogP contribution < -0.4 is 9.62 Å². The fraction of sp³-hybridized carbons (Fsp3) is 0.440. The highest BCUT2D eigenvalue weighted by Gasteiger charge is 2.32. The minimum atomic E-state index is -3.79. The van der Waals surface area contributed by atoms with Crippen LogP contribution in [0.3, 0.4) is 0 Å². The highest BCUT2D eigenvalue weighted by molar-refractivity contribution is 7.92. The van der Waals surface area contributed by atoms with Gasteiger partial charge in [-0.3, -0.25) is 13.9 Å². The quantitative estimate of drug-likeness (QED) is 0.525. The van der Waals surface area contributed by atoms with E-state index in [1.54, 1.807) is 25.1 Å². The molecule has 0 fully saturated rings. The van der Waals surface area contributed by atoms with Crippen molar-refractivity contribution >= 4 is 39.1 Å². The van der Waals surface area contributed by atoms with Crippen molar-refractivity contribution in [2.45, 2.75) is 59.7 Å². The summed E-state index contributed by atoms with van der Waals surface area (Å²) in [6, 6.07) is 11.6. The third-order valence-electron chi connectivity index (χ3n) is 5.53. The van der Waals surface area contributed by atoms with Crippen molar-refractivity contribution in [2.75, 3.05) is 17.1 Å². The van der Waals surface area contributed by atoms with Gasteiger partial charge in [-0.25, -0.2) is 8.42 Å². The molecule has 2 amide bonds. The van der Waals surface area contributed by atoms with Gasteiger partial charge < -0.3 is 10.2 Å². The van der Waals surface area contributed by atoms with Gasteiger partial charge in [-0.1, -0.05) is 42.8 Å². The summed E-state index contributed by atoms with van der Waals surface area (Å²) in [4.78, 5) is 28.1. The van der Waals surface area contributed by atoms with Gasteiger partial charge in [0.25, 0.3) is 0 Å². The zero-order chi connectivity index (χ0) is 25.6. The number of anilines is 1. The lowest BCUT2D eigenvalue weighted by atomic mass is 10.1. The molecular formula is C25H34ClN3O4S. The maximum Gasteiger partial charge on any atom is 0.244 e. The molecule has 2 aromatic rings. The van der Waals surface area contributed by atoms with E-state index >= 15 is 0 Å². The number of amides is 2. The lowest BCUT2D eigenvalue weighted by Gasteiger charge is -2.33. The second-order valence-electron chi connectivity index (χ2n) is 8.74. The van der Waals surface area contributed by atoms with E-state index < -0.39 is 28.5 Å². The van der Waals surface area contributed by atoms with E-state index in [0.717, 1.165) is 21.7 Å². The molecule has 7 nitrogen and oxygen atoms in total. The molecule has 0 aliphatic carbocycles. The SMILES string of the molecule is CCC(C(=O)NC(C)C)N(Cc1ccccc1C)C(=O)CN(c1ccc(Cl)cc1C)S(C)(=O)=O. The number of nitrogens with zero attached hydrogens (tertiary/aromatic N) is 2. The summed E-state index contributed by atoms with van der Waals surface area (Å²) in [5, 5.41) is 3.35. The normalized spacial score (nSPS) is 12.4. The van der Waals surface area contributed by atoms with Gasteiger partial charge in [-0.05, 0) is 69.0 Å². The molecule has 0 aromatic heterocycles. The highest BCUT2D eigenvalue weighted by Crippen LogP contribution is 2.26. The molecule has 1 N–H and O–H groups in total. The zero-order valence-electron chi connectivity index (χ0n) is 20.6. The topological polar surface area (TPSA) is 86.8 Å². The number of nitrogens with one attached hydrogen (secondary N) is 1. The molecular weight excluding hydrogens is 474 g/mol. The Balaban J connectivity index is 2.49. The van der Waals surface area contributed by atoms with Crippen molar-refractivity contribution in [3.8, 4) is 0 Å². The van der Waals surface area contributed by atoms with Crippen LogP contribution in [0.1, 0.15) is 43.9 Å². The molecule has 186 valence electrons. The van der Waals surface area contributed by atoms with Crippen molar-refractivity contribution in [1.82, 2.24) is 10.2 Å². The molecule has 0 saturated heterocycles. The lowest BCUT2D eigenvalue weighted by molar-refractivity contribution is -0.140. The molecule has 0 heterocycles.